The van der Waals surface area contributed by atoms with Gasteiger partial charge in [-0.1, -0.05) is 11.6 Å². The molecular weight excluding hydrogens is 242 g/mol. The molecule has 5 nitrogen and oxygen atoms in total. The first kappa shape index (κ1) is 12.1. The fourth-order valence-electron chi connectivity index (χ4n) is 2.06. The van der Waals surface area contributed by atoms with E-state index in [2.05, 4.69) is 14.9 Å². The van der Waals surface area contributed by atoms with Crippen molar-refractivity contribution in [1.29, 1.82) is 0 Å². The molecule has 0 spiro atoms. The van der Waals surface area contributed by atoms with Crippen molar-refractivity contribution in [2.45, 2.75) is 25.7 Å². The number of nitrogens with zero attached hydrogens (tertiary/aromatic N) is 3. The van der Waals surface area contributed by atoms with Gasteiger partial charge < -0.3 is 10.0 Å². The van der Waals surface area contributed by atoms with Crippen molar-refractivity contribution in [2.75, 3.05) is 18.0 Å². The zero-order valence-corrected chi connectivity index (χ0v) is 10.2. The maximum Gasteiger partial charge on any atom is 0.308 e. The summed E-state index contributed by atoms with van der Waals surface area (Å²) in [5.74, 6) is -0.243. The lowest BCUT2D eigenvalue weighted by atomic mass is 10.1. The lowest BCUT2D eigenvalue weighted by Gasteiger charge is -2.29. The fourth-order valence-corrected chi connectivity index (χ4v) is 2.26. The SMILES string of the molecule is O=C(O)Cc1c(Cl)ncnc1N1CCCCC1. The molecule has 1 aromatic rings. The average molecular weight is 256 g/mol. The van der Waals surface area contributed by atoms with E-state index in [0.717, 1.165) is 25.9 Å². The number of anilines is 1. The number of carboxylic acids is 1. The monoisotopic (exact) mass is 255 g/mol. The third-order valence-electron chi connectivity index (χ3n) is 2.85. The van der Waals surface area contributed by atoms with Crippen molar-refractivity contribution in [2.24, 2.45) is 0 Å². The number of aliphatic carboxylic acids is 1. The number of hydrogen-bond acceptors (Lipinski definition) is 4. The summed E-state index contributed by atoms with van der Waals surface area (Å²) in [5.41, 5.74) is 0.517. The van der Waals surface area contributed by atoms with Crippen LogP contribution in [0.1, 0.15) is 24.8 Å². The molecule has 17 heavy (non-hydrogen) atoms. The molecule has 1 aliphatic rings. The van der Waals surface area contributed by atoms with Gasteiger partial charge in [-0.25, -0.2) is 9.97 Å². The van der Waals surface area contributed by atoms with E-state index in [4.69, 9.17) is 16.7 Å². The Morgan fingerprint density at radius 3 is 2.71 bits per heavy atom. The molecule has 1 aromatic heterocycles. The highest BCUT2D eigenvalue weighted by molar-refractivity contribution is 6.30. The molecule has 1 saturated heterocycles. The molecule has 2 rings (SSSR count). The van der Waals surface area contributed by atoms with Crippen LogP contribution >= 0.6 is 11.6 Å². The van der Waals surface area contributed by atoms with Crippen molar-refractivity contribution in [3.63, 3.8) is 0 Å². The Kier molecular flexibility index (Phi) is 3.78. The number of piperidine rings is 1. The zero-order chi connectivity index (χ0) is 12.3. The van der Waals surface area contributed by atoms with E-state index in [1.807, 2.05) is 0 Å². The third-order valence-corrected chi connectivity index (χ3v) is 3.18. The zero-order valence-electron chi connectivity index (χ0n) is 9.40. The molecular formula is C11H14ClN3O2. The second kappa shape index (κ2) is 5.31. The first-order valence-corrected chi connectivity index (χ1v) is 6.02. The van der Waals surface area contributed by atoms with Crippen LogP contribution in [0.15, 0.2) is 6.33 Å². The van der Waals surface area contributed by atoms with Crippen molar-refractivity contribution in [3.05, 3.63) is 17.0 Å². The molecule has 2 heterocycles. The Bertz CT molecular complexity index is 419. The van der Waals surface area contributed by atoms with E-state index in [9.17, 15) is 4.79 Å². The van der Waals surface area contributed by atoms with Crippen LogP contribution in [0.25, 0.3) is 0 Å². The van der Waals surface area contributed by atoms with Gasteiger partial charge in [-0.2, -0.15) is 0 Å². The van der Waals surface area contributed by atoms with E-state index in [1.165, 1.54) is 12.7 Å². The molecule has 1 fully saturated rings. The molecule has 6 heteroatoms. The molecule has 1 aliphatic heterocycles. The smallest absolute Gasteiger partial charge is 0.308 e. The van der Waals surface area contributed by atoms with E-state index < -0.39 is 5.97 Å². The van der Waals surface area contributed by atoms with E-state index in [0.29, 0.717) is 11.4 Å². The molecule has 0 amide bonds. The average Bonchev–Trinajstić information content (AvgIpc) is 2.32. The van der Waals surface area contributed by atoms with Crippen molar-refractivity contribution < 1.29 is 9.90 Å². The highest BCUT2D eigenvalue weighted by Gasteiger charge is 2.20. The van der Waals surface area contributed by atoms with Gasteiger partial charge in [0.05, 0.1) is 6.42 Å². The summed E-state index contributed by atoms with van der Waals surface area (Å²) >= 11 is 5.95. The largest absolute Gasteiger partial charge is 0.481 e. The van der Waals surface area contributed by atoms with Gasteiger partial charge in [0.1, 0.15) is 17.3 Å². The van der Waals surface area contributed by atoms with Crippen molar-refractivity contribution in [1.82, 2.24) is 9.97 Å². The van der Waals surface area contributed by atoms with Gasteiger partial charge in [-0.3, -0.25) is 4.79 Å². The number of aromatic nitrogens is 2. The predicted octanol–water partition coefficient (Wildman–Crippen LogP) is 1.75. The first-order valence-electron chi connectivity index (χ1n) is 5.64. The number of rotatable bonds is 3. The summed E-state index contributed by atoms with van der Waals surface area (Å²) in [6.45, 7) is 1.81. The molecule has 0 radical (unpaired) electrons. The fraction of sp³-hybridized carbons (Fsp3) is 0.545. The maximum atomic E-state index is 10.8. The Morgan fingerprint density at radius 1 is 1.35 bits per heavy atom. The molecule has 0 aromatic carbocycles. The lowest BCUT2D eigenvalue weighted by molar-refractivity contribution is -0.136. The van der Waals surface area contributed by atoms with E-state index >= 15 is 0 Å². The Labute approximate surface area is 104 Å². The molecule has 92 valence electrons. The van der Waals surface area contributed by atoms with Crippen molar-refractivity contribution in [3.8, 4) is 0 Å². The lowest BCUT2D eigenvalue weighted by Crippen LogP contribution is -2.31. The summed E-state index contributed by atoms with van der Waals surface area (Å²) in [6, 6.07) is 0. The van der Waals surface area contributed by atoms with Gasteiger partial charge in [-0.15, -0.1) is 0 Å². The van der Waals surface area contributed by atoms with E-state index in [-0.39, 0.29) is 11.6 Å². The van der Waals surface area contributed by atoms with Gasteiger partial charge in [0.15, 0.2) is 0 Å². The number of halogens is 1. The van der Waals surface area contributed by atoms with Gasteiger partial charge in [0.25, 0.3) is 0 Å². The Morgan fingerprint density at radius 2 is 2.06 bits per heavy atom. The molecule has 0 atom stereocenters. The van der Waals surface area contributed by atoms with Crippen LogP contribution in [0.2, 0.25) is 5.15 Å². The van der Waals surface area contributed by atoms with Crippen LogP contribution in [0.3, 0.4) is 0 Å². The third kappa shape index (κ3) is 2.85. The predicted molar refractivity (Wildman–Crippen MR) is 64.4 cm³/mol. The van der Waals surface area contributed by atoms with Crippen LogP contribution in [-0.2, 0) is 11.2 Å². The van der Waals surface area contributed by atoms with Crippen molar-refractivity contribution >= 4 is 23.4 Å². The van der Waals surface area contributed by atoms with Gasteiger partial charge in [0, 0.05) is 18.7 Å². The minimum absolute atomic E-state index is 0.133. The summed E-state index contributed by atoms with van der Waals surface area (Å²) in [5, 5.41) is 9.12. The van der Waals surface area contributed by atoms with Gasteiger partial charge in [0.2, 0.25) is 0 Å². The standard InChI is InChI=1S/C11H14ClN3O2/c12-10-8(6-9(16)17)11(14-7-13-10)15-4-2-1-3-5-15/h7H,1-6H2,(H,16,17). The minimum Gasteiger partial charge on any atom is -0.481 e. The number of hydrogen-bond donors (Lipinski definition) is 1. The Hall–Kier alpha value is -1.36. The number of carbonyl (C=O) groups is 1. The molecule has 0 bridgehead atoms. The van der Waals surface area contributed by atoms with Crippen LogP contribution < -0.4 is 4.90 Å². The summed E-state index contributed by atoms with van der Waals surface area (Å²) in [4.78, 5) is 21.0. The highest BCUT2D eigenvalue weighted by atomic mass is 35.5. The van der Waals surface area contributed by atoms with Gasteiger partial charge in [-0.05, 0) is 19.3 Å². The Balaban J connectivity index is 2.30. The van der Waals surface area contributed by atoms with Crippen LogP contribution in [0.4, 0.5) is 5.82 Å². The molecule has 0 unspecified atom stereocenters. The highest BCUT2D eigenvalue weighted by Crippen LogP contribution is 2.26. The van der Waals surface area contributed by atoms with Crippen LogP contribution in [-0.4, -0.2) is 34.1 Å². The molecule has 0 aliphatic carbocycles. The van der Waals surface area contributed by atoms with Crippen LogP contribution in [0, 0.1) is 0 Å². The second-order valence-corrected chi connectivity index (χ2v) is 4.44. The summed E-state index contributed by atoms with van der Waals surface area (Å²) in [7, 11) is 0. The topological polar surface area (TPSA) is 66.3 Å². The summed E-state index contributed by atoms with van der Waals surface area (Å²) < 4.78 is 0. The molecule has 1 N–H and O–H groups in total. The van der Waals surface area contributed by atoms with Gasteiger partial charge >= 0.3 is 5.97 Å². The summed E-state index contributed by atoms with van der Waals surface area (Å²) in [6.07, 6.45) is 4.68. The normalized spacial score (nSPS) is 15.9. The maximum absolute atomic E-state index is 10.8. The molecule has 0 saturated carbocycles. The van der Waals surface area contributed by atoms with E-state index in [1.54, 1.807) is 0 Å². The number of carboxylic acid groups (broad SMARTS) is 1. The quantitative estimate of drug-likeness (QED) is 0.834. The first-order chi connectivity index (χ1) is 8.18. The minimum atomic E-state index is -0.917. The second-order valence-electron chi connectivity index (χ2n) is 4.08. The van der Waals surface area contributed by atoms with Crippen LogP contribution in [0.5, 0.6) is 0 Å².